The molecule has 0 unspecified atom stereocenters. The van der Waals surface area contributed by atoms with Crippen molar-refractivity contribution in [2.45, 2.75) is 6.10 Å². The fourth-order valence-electron chi connectivity index (χ4n) is 2.48. The summed E-state index contributed by atoms with van der Waals surface area (Å²) in [6, 6.07) is 11.3. The summed E-state index contributed by atoms with van der Waals surface area (Å²) < 4.78 is 18.8. The largest absolute Gasteiger partial charge is 0.485 e. The fourth-order valence-corrected chi connectivity index (χ4v) is 3.29. The van der Waals surface area contributed by atoms with Crippen molar-refractivity contribution in [3.63, 3.8) is 0 Å². The quantitative estimate of drug-likeness (QED) is 0.564. The van der Waals surface area contributed by atoms with Crippen LogP contribution in [0.3, 0.4) is 0 Å². The van der Waals surface area contributed by atoms with Crippen LogP contribution < -0.4 is 9.47 Å². The molecule has 8 heteroatoms. The summed E-state index contributed by atoms with van der Waals surface area (Å²) in [5.74, 6) is 2.75. The molecule has 1 aliphatic rings. The lowest BCUT2D eigenvalue weighted by molar-refractivity contribution is 0.0836. The summed E-state index contributed by atoms with van der Waals surface area (Å²) in [7, 11) is 0. The number of furan rings is 1. The van der Waals surface area contributed by atoms with Crippen molar-refractivity contribution in [2.75, 3.05) is 6.61 Å². The molecule has 5 rings (SSSR count). The zero-order chi connectivity index (χ0) is 15.2. The third kappa shape index (κ3) is 1.99. The number of para-hydroxylation sites is 2. The number of benzene rings is 1. The van der Waals surface area contributed by atoms with E-state index < -0.39 is 0 Å². The van der Waals surface area contributed by atoms with Gasteiger partial charge < -0.3 is 13.9 Å². The SMILES string of the molecule is c1coc(-c2nn3c([C@@H]4COc5ccccc5O4)nnc3s2)c1. The van der Waals surface area contributed by atoms with E-state index in [4.69, 9.17) is 13.9 Å². The summed E-state index contributed by atoms with van der Waals surface area (Å²) >= 11 is 1.41. The summed E-state index contributed by atoms with van der Waals surface area (Å²) in [4.78, 5) is 0.689. The normalized spacial score (nSPS) is 16.8. The van der Waals surface area contributed by atoms with Crippen LogP contribution in [0.15, 0.2) is 47.1 Å². The molecule has 1 atom stereocenters. The van der Waals surface area contributed by atoms with Crippen LogP contribution in [0.5, 0.6) is 11.5 Å². The van der Waals surface area contributed by atoms with Crippen molar-refractivity contribution in [3.8, 4) is 22.3 Å². The minimum atomic E-state index is -0.355. The summed E-state index contributed by atoms with van der Waals surface area (Å²) in [5, 5.41) is 13.6. The number of aromatic nitrogens is 4. The molecular formula is C15H10N4O3S. The molecule has 114 valence electrons. The van der Waals surface area contributed by atoms with E-state index in [-0.39, 0.29) is 6.10 Å². The average Bonchev–Trinajstić information content (AvgIpc) is 3.30. The Morgan fingerprint density at radius 3 is 2.87 bits per heavy atom. The molecule has 4 aromatic rings. The average molecular weight is 326 g/mol. The second-order valence-corrected chi connectivity index (χ2v) is 5.96. The Morgan fingerprint density at radius 2 is 2.00 bits per heavy atom. The van der Waals surface area contributed by atoms with Crippen molar-refractivity contribution in [1.29, 1.82) is 0 Å². The van der Waals surface area contributed by atoms with Crippen LogP contribution in [0.1, 0.15) is 11.9 Å². The van der Waals surface area contributed by atoms with Crippen molar-refractivity contribution in [2.24, 2.45) is 0 Å². The molecular weight excluding hydrogens is 316 g/mol. The molecule has 7 nitrogen and oxygen atoms in total. The molecule has 0 saturated heterocycles. The van der Waals surface area contributed by atoms with Crippen LogP contribution in [-0.4, -0.2) is 26.4 Å². The fraction of sp³-hybridized carbons (Fsp3) is 0.133. The van der Waals surface area contributed by atoms with Gasteiger partial charge in [-0.2, -0.15) is 4.52 Å². The monoisotopic (exact) mass is 326 g/mol. The van der Waals surface area contributed by atoms with Crippen LogP contribution in [0, 0.1) is 0 Å². The summed E-state index contributed by atoms with van der Waals surface area (Å²) in [5.41, 5.74) is 0. The lowest BCUT2D eigenvalue weighted by Crippen LogP contribution is -2.23. The lowest BCUT2D eigenvalue weighted by atomic mass is 10.2. The number of hydrogen-bond acceptors (Lipinski definition) is 7. The molecule has 0 spiro atoms. The number of ether oxygens (including phenoxy) is 2. The second kappa shape index (κ2) is 4.82. The minimum Gasteiger partial charge on any atom is -0.485 e. The third-order valence-corrected chi connectivity index (χ3v) is 4.46. The molecule has 1 aliphatic heterocycles. The first-order valence-corrected chi connectivity index (χ1v) is 7.84. The van der Waals surface area contributed by atoms with E-state index in [0.717, 1.165) is 10.8 Å². The van der Waals surface area contributed by atoms with Gasteiger partial charge >= 0.3 is 0 Å². The molecule has 0 aliphatic carbocycles. The highest BCUT2D eigenvalue weighted by Crippen LogP contribution is 2.36. The maximum Gasteiger partial charge on any atom is 0.235 e. The van der Waals surface area contributed by atoms with Crippen molar-refractivity contribution in [1.82, 2.24) is 19.8 Å². The third-order valence-electron chi connectivity index (χ3n) is 3.54. The Labute approximate surface area is 134 Å². The van der Waals surface area contributed by atoms with Gasteiger partial charge in [0.1, 0.15) is 6.61 Å². The Kier molecular flexibility index (Phi) is 2.65. The zero-order valence-electron chi connectivity index (χ0n) is 11.7. The van der Waals surface area contributed by atoms with Crippen LogP contribution in [0.4, 0.5) is 0 Å². The Morgan fingerprint density at radius 1 is 1.09 bits per heavy atom. The Bertz CT molecular complexity index is 976. The Balaban J connectivity index is 1.54. The molecule has 0 saturated carbocycles. The predicted molar refractivity (Wildman–Crippen MR) is 81.7 cm³/mol. The van der Waals surface area contributed by atoms with Gasteiger partial charge in [0, 0.05) is 0 Å². The number of hydrogen-bond donors (Lipinski definition) is 0. The predicted octanol–water partition coefficient (Wildman–Crippen LogP) is 2.96. The van der Waals surface area contributed by atoms with E-state index in [2.05, 4.69) is 15.3 Å². The van der Waals surface area contributed by atoms with E-state index in [1.165, 1.54) is 11.3 Å². The van der Waals surface area contributed by atoms with Gasteiger partial charge in [-0.3, -0.25) is 0 Å². The van der Waals surface area contributed by atoms with Crippen LogP contribution in [-0.2, 0) is 0 Å². The maximum atomic E-state index is 5.98. The molecule has 1 aromatic carbocycles. The minimum absolute atomic E-state index is 0.355. The summed E-state index contributed by atoms with van der Waals surface area (Å²) in [6.07, 6.45) is 1.26. The second-order valence-electron chi connectivity index (χ2n) is 5.00. The standard InChI is InChI=1S/C15H10N4O3S/c1-2-5-10-9(4-1)21-8-12(22-10)13-16-17-15-19(13)18-14(23-15)11-6-3-7-20-11/h1-7,12H,8H2/t12-/m0/s1. The van der Waals surface area contributed by atoms with Crippen molar-refractivity contribution < 1.29 is 13.9 Å². The Hall–Kier alpha value is -2.87. The van der Waals surface area contributed by atoms with Gasteiger partial charge in [-0.05, 0) is 24.3 Å². The molecule has 0 fully saturated rings. The maximum absolute atomic E-state index is 5.98. The van der Waals surface area contributed by atoms with Crippen LogP contribution in [0.25, 0.3) is 15.7 Å². The lowest BCUT2D eigenvalue weighted by Gasteiger charge is -2.24. The smallest absolute Gasteiger partial charge is 0.235 e. The van der Waals surface area contributed by atoms with Gasteiger partial charge in [0.25, 0.3) is 0 Å². The van der Waals surface area contributed by atoms with Crippen molar-refractivity contribution in [3.05, 3.63) is 48.5 Å². The highest BCUT2D eigenvalue weighted by Gasteiger charge is 2.28. The van der Waals surface area contributed by atoms with Crippen LogP contribution in [0.2, 0.25) is 0 Å². The number of fused-ring (bicyclic) bond motifs is 2. The van der Waals surface area contributed by atoms with E-state index in [9.17, 15) is 0 Å². The zero-order valence-corrected chi connectivity index (χ0v) is 12.6. The van der Waals surface area contributed by atoms with Crippen molar-refractivity contribution >= 4 is 16.3 Å². The van der Waals surface area contributed by atoms with Gasteiger partial charge in [0.05, 0.1) is 6.26 Å². The number of rotatable bonds is 2. The first-order valence-electron chi connectivity index (χ1n) is 7.03. The van der Waals surface area contributed by atoms with Gasteiger partial charge in [-0.15, -0.1) is 15.3 Å². The van der Waals surface area contributed by atoms with Gasteiger partial charge in [0.2, 0.25) is 4.96 Å². The molecule has 0 N–H and O–H groups in total. The number of nitrogens with zero attached hydrogens (tertiary/aromatic N) is 4. The first-order chi connectivity index (χ1) is 11.4. The summed E-state index contributed by atoms with van der Waals surface area (Å²) in [6.45, 7) is 0.366. The topological polar surface area (TPSA) is 74.7 Å². The van der Waals surface area contributed by atoms with Gasteiger partial charge in [-0.25, -0.2) is 0 Å². The van der Waals surface area contributed by atoms with Gasteiger partial charge in [0.15, 0.2) is 34.2 Å². The van der Waals surface area contributed by atoms with Gasteiger partial charge in [-0.1, -0.05) is 23.5 Å². The van der Waals surface area contributed by atoms with Crippen LogP contribution >= 0.6 is 11.3 Å². The molecule has 0 amide bonds. The van der Waals surface area contributed by atoms with E-state index in [0.29, 0.717) is 28.9 Å². The van der Waals surface area contributed by atoms with E-state index in [1.807, 2.05) is 36.4 Å². The molecule has 0 bridgehead atoms. The van der Waals surface area contributed by atoms with E-state index in [1.54, 1.807) is 10.8 Å². The van der Waals surface area contributed by atoms with E-state index >= 15 is 0 Å². The molecule has 0 radical (unpaired) electrons. The molecule has 3 aromatic heterocycles. The first kappa shape index (κ1) is 12.7. The molecule has 4 heterocycles. The highest BCUT2D eigenvalue weighted by atomic mass is 32.1. The molecule has 23 heavy (non-hydrogen) atoms. The highest BCUT2D eigenvalue weighted by molar-refractivity contribution is 7.19.